The van der Waals surface area contributed by atoms with Crippen molar-refractivity contribution in [2.75, 3.05) is 28.4 Å². The van der Waals surface area contributed by atoms with Crippen molar-refractivity contribution in [1.29, 1.82) is 0 Å². The highest BCUT2D eigenvalue weighted by molar-refractivity contribution is 7.89. The summed E-state index contributed by atoms with van der Waals surface area (Å²) in [6.45, 7) is 1.76. The Hall–Kier alpha value is -8.30. The van der Waals surface area contributed by atoms with Gasteiger partial charge < -0.3 is 39.9 Å². The molecule has 0 fully saturated rings. The lowest BCUT2D eigenvalue weighted by atomic mass is 9.87. The van der Waals surface area contributed by atoms with E-state index in [9.17, 15) is 108 Å². The van der Waals surface area contributed by atoms with Gasteiger partial charge in [0.25, 0.3) is 0 Å². The molecule has 494 valence electrons. The Bertz CT molecular complexity index is 4750. The van der Waals surface area contributed by atoms with E-state index >= 15 is 0 Å². The van der Waals surface area contributed by atoms with Gasteiger partial charge in [-0.25, -0.2) is 0 Å². The lowest BCUT2D eigenvalue weighted by Crippen LogP contribution is -2.29. The molecule has 91 heavy (non-hydrogen) atoms. The number of rotatable bonds is 16. The van der Waals surface area contributed by atoms with Crippen LogP contribution in [0.5, 0.6) is 51.7 Å². The number of hydrogen-bond acceptors (Lipinski definition) is 19. The van der Waals surface area contributed by atoms with Crippen LogP contribution in [0.4, 0.5) is 65.9 Å². The lowest BCUT2D eigenvalue weighted by molar-refractivity contribution is -0.0506. The molecule has 8 aromatic rings. The molecule has 8 rings (SSSR count). The molecule has 8 aromatic carbocycles. The molecule has 0 bridgehead atoms. The maximum absolute atomic E-state index is 13.9. The number of aryl methyl sites for hydroxylation is 3. The highest BCUT2D eigenvalue weighted by atomic mass is 32.2. The van der Waals surface area contributed by atoms with Crippen LogP contribution in [0.15, 0.2) is 97.1 Å². The zero-order valence-corrected chi connectivity index (χ0v) is 50.3. The van der Waals surface area contributed by atoms with Crippen LogP contribution in [0.2, 0.25) is 0 Å². The monoisotopic (exact) mass is 1410 g/mol. The van der Waals surface area contributed by atoms with Crippen molar-refractivity contribution in [1.82, 2.24) is 0 Å². The molecule has 39 heteroatoms. The number of ether oxygens (including phenoxy) is 4. The van der Waals surface area contributed by atoms with Gasteiger partial charge in [0.2, 0.25) is 0 Å². The average molecular weight is 1410 g/mol. The van der Waals surface area contributed by atoms with Crippen molar-refractivity contribution < 1.29 is 148 Å². The van der Waals surface area contributed by atoms with Crippen molar-refractivity contribution in [2.45, 2.75) is 48.3 Å². The number of alkyl halides is 15. The summed E-state index contributed by atoms with van der Waals surface area (Å²) in [6, 6.07) is 25.1. The van der Waals surface area contributed by atoms with Crippen LogP contribution in [0.1, 0.15) is 16.7 Å². The second-order valence-electron chi connectivity index (χ2n) is 18.4. The van der Waals surface area contributed by atoms with Crippen LogP contribution in [0.25, 0.3) is 65.3 Å². The number of halogens is 15. The van der Waals surface area contributed by atoms with Gasteiger partial charge >= 0.3 is 78.1 Å². The highest BCUT2D eigenvalue weighted by Crippen LogP contribution is 2.58. The Labute approximate surface area is 503 Å². The Morgan fingerprint density at radius 2 is 0.571 bits per heavy atom. The minimum absolute atomic E-state index is 0.0938. The predicted molar refractivity (Wildman–Crippen MR) is 292 cm³/mol. The maximum Gasteiger partial charge on any atom is 0.534 e. The van der Waals surface area contributed by atoms with Gasteiger partial charge in [0.05, 0.1) is 39.2 Å². The number of methoxy groups -OCH3 is 4. The van der Waals surface area contributed by atoms with E-state index in [0.29, 0.717) is 34.1 Å². The predicted octanol–water partition coefficient (Wildman–Crippen LogP) is 13.4. The summed E-state index contributed by atoms with van der Waals surface area (Å²) in [7, 11) is -31.4. The summed E-state index contributed by atoms with van der Waals surface area (Å²) in [6.07, 6.45) is 0. The van der Waals surface area contributed by atoms with Gasteiger partial charge in [-0.05, 0) is 77.2 Å². The summed E-state index contributed by atoms with van der Waals surface area (Å²) in [5.41, 5.74) is -36.4. The van der Waals surface area contributed by atoms with E-state index in [1.807, 2.05) is 12.1 Å². The molecule has 0 saturated heterocycles. The van der Waals surface area contributed by atoms with Gasteiger partial charge in [0.15, 0.2) is 28.7 Å². The van der Waals surface area contributed by atoms with Gasteiger partial charge in [-0.2, -0.15) is 108 Å². The lowest BCUT2D eigenvalue weighted by Gasteiger charge is -2.25. The molecule has 0 aliphatic rings. The van der Waals surface area contributed by atoms with Crippen molar-refractivity contribution in [3.05, 3.63) is 114 Å². The summed E-state index contributed by atoms with van der Waals surface area (Å²) in [5, 5.41) is -2.34. The Balaban J connectivity index is 0.000000403. The fourth-order valence-electron chi connectivity index (χ4n) is 8.95. The second kappa shape index (κ2) is 24.1. The zero-order chi connectivity index (χ0) is 68.5. The minimum atomic E-state index is -7.22. The van der Waals surface area contributed by atoms with Gasteiger partial charge in [0, 0.05) is 45.2 Å². The van der Waals surface area contributed by atoms with E-state index in [-0.39, 0.29) is 18.2 Å². The highest BCUT2D eigenvalue weighted by Gasteiger charge is 2.54. The van der Waals surface area contributed by atoms with Crippen LogP contribution in [-0.2, 0) is 50.6 Å². The molecule has 0 amide bonds. The molecule has 0 radical (unpaired) electrons. The average Bonchev–Trinajstić information content (AvgIpc) is 0.713. The van der Waals surface area contributed by atoms with Gasteiger partial charge in [0.1, 0.15) is 23.0 Å². The van der Waals surface area contributed by atoms with Crippen molar-refractivity contribution in [2.24, 2.45) is 0 Å². The number of fused-ring (bicyclic) bond motifs is 4. The smallest absolute Gasteiger partial charge is 0.496 e. The maximum atomic E-state index is 13.9. The van der Waals surface area contributed by atoms with E-state index in [1.165, 1.54) is 10.8 Å². The number of hydrogen-bond donors (Lipinski definition) is 0. The first-order chi connectivity index (χ1) is 41.6. The molecule has 0 spiro atoms. The van der Waals surface area contributed by atoms with E-state index in [2.05, 4.69) is 81.6 Å². The first-order valence-corrected chi connectivity index (χ1v) is 31.2. The van der Waals surface area contributed by atoms with Crippen molar-refractivity contribution >= 4 is 93.7 Å². The molecular formula is C52H37F15O19S5. The molecule has 0 unspecified atom stereocenters. The van der Waals surface area contributed by atoms with E-state index in [0.717, 1.165) is 40.3 Å². The minimum Gasteiger partial charge on any atom is -0.496 e. The third-order valence-electron chi connectivity index (χ3n) is 12.7. The molecule has 0 atom stereocenters. The largest absolute Gasteiger partial charge is 0.534 e. The van der Waals surface area contributed by atoms with Crippen molar-refractivity contribution in [3.8, 4) is 74.0 Å². The fourth-order valence-corrected chi connectivity index (χ4v) is 11.4. The molecule has 19 nitrogen and oxygen atoms in total. The molecule has 0 aliphatic carbocycles. The summed E-state index contributed by atoms with van der Waals surface area (Å²) >= 11 is 0. The van der Waals surface area contributed by atoms with Crippen LogP contribution in [0.3, 0.4) is 0 Å². The first kappa shape index (κ1) is 70.2. The third kappa shape index (κ3) is 13.3. The zero-order valence-electron chi connectivity index (χ0n) is 46.2. The number of benzene rings is 8. The van der Waals surface area contributed by atoms with Gasteiger partial charge in [-0.15, -0.1) is 0 Å². The normalized spacial score (nSPS) is 13.2. The van der Waals surface area contributed by atoms with Crippen LogP contribution >= 0.6 is 0 Å². The summed E-state index contributed by atoms with van der Waals surface area (Å²) in [5.74, 6) is -11.3. The summed E-state index contributed by atoms with van der Waals surface area (Å²) in [4.78, 5) is 0. The third-order valence-corrected chi connectivity index (χ3v) is 17.5. The van der Waals surface area contributed by atoms with E-state index in [1.54, 1.807) is 14.2 Å². The molecule has 0 N–H and O–H groups in total. The fraction of sp³-hybridized carbons (Fsp3) is 0.231. The standard InChI is InChI=1S/C30H19F15O17S5.C22H18O2/c1-10-6-11(2)24(61-66(52,53)29(40,41)42)22-16(59-64(48,49)27(34,35)36)8-13(56-4)19(18(10)22)20-14(57-5)9-17(60-65(50,51)28(37,38)39)23-21(20)15(58-63(46,47)26(31,32)33)7-12(3)25(23)62-67(54,55)30(43,44)45;1-23-19-13-11-15-7-3-5-9-17(15)21(19)22-18-10-6-4-8-16(18)12-14-20(22)24-2/h6-9H,1-5H3;3-14H,1-2H3. The van der Waals surface area contributed by atoms with Crippen LogP contribution < -0.4 is 39.9 Å². The first-order valence-electron chi connectivity index (χ1n) is 24.1. The Morgan fingerprint density at radius 1 is 0.286 bits per heavy atom. The SMILES string of the molecule is COc1cc(OS(=O)(=O)C(F)(F)F)c2c(OS(=O)(=O)C(F)(F)F)c(C)cc(C)c2c1-c1c(OC)cc(OS(=O)(=O)C(F)(F)F)c2c(OS(=O)(=O)C(F)(F)F)c(C)cc(OS(=O)(=O)C(F)(F)F)c12.COc1ccc2ccccc2c1-c1c(OC)ccc2ccccc12. The topological polar surface area (TPSA) is 254 Å². The van der Waals surface area contributed by atoms with Gasteiger partial charge in [-0.3, -0.25) is 0 Å². The van der Waals surface area contributed by atoms with Crippen LogP contribution in [-0.4, -0.2) is 98.1 Å². The van der Waals surface area contributed by atoms with E-state index < -0.39 is 168 Å². The van der Waals surface area contributed by atoms with E-state index in [4.69, 9.17) is 18.9 Å². The van der Waals surface area contributed by atoms with Crippen LogP contribution in [0, 0.1) is 20.8 Å². The van der Waals surface area contributed by atoms with Gasteiger partial charge in [-0.1, -0.05) is 66.7 Å². The quantitative estimate of drug-likeness (QED) is 0.0495. The molecule has 0 heterocycles. The molecule has 0 saturated carbocycles. The molecule has 0 aromatic heterocycles. The second-order valence-corrected chi connectivity index (χ2v) is 26.1. The molecule has 0 aliphatic heterocycles. The van der Waals surface area contributed by atoms with Crippen molar-refractivity contribution in [3.63, 3.8) is 0 Å². The Morgan fingerprint density at radius 3 is 0.901 bits per heavy atom. The Kier molecular flexibility index (Phi) is 18.6. The summed E-state index contributed by atoms with van der Waals surface area (Å²) < 4.78 is 373. The molecular weight excluding hydrogens is 1370 g/mol.